The maximum Gasteiger partial charge on any atom is 0.218 e. The van der Waals surface area contributed by atoms with Gasteiger partial charge < -0.3 is 15.8 Å². The Hall–Kier alpha value is -2.07. The third kappa shape index (κ3) is 3.71. The predicted octanol–water partition coefficient (Wildman–Crippen LogP) is 2.20. The summed E-state index contributed by atoms with van der Waals surface area (Å²) in [5, 5.41) is 5.62. The number of methoxy groups -OCH3 is 1. The first-order valence-corrected chi connectivity index (χ1v) is 6.67. The molecule has 106 valence electrons. The number of fused-ring (bicyclic) bond motifs is 1. The second-order valence-electron chi connectivity index (χ2n) is 5.00. The van der Waals surface area contributed by atoms with Gasteiger partial charge in [-0.15, -0.1) is 0 Å². The Morgan fingerprint density at radius 3 is 2.65 bits per heavy atom. The van der Waals surface area contributed by atoms with Gasteiger partial charge >= 0.3 is 0 Å². The van der Waals surface area contributed by atoms with Gasteiger partial charge in [0.25, 0.3) is 0 Å². The van der Waals surface area contributed by atoms with Crippen LogP contribution in [0, 0.1) is 0 Å². The summed E-state index contributed by atoms with van der Waals surface area (Å²) in [5.41, 5.74) is 6.35. The van der Waals surface area contributed by atoms with Crippen molar-refractivity contribution in [3.63, 3.8) is 0 Å². The lowest BCUT2D eigenvalue weighted by atomic mass is 10.1. The van der Waals surface area contributed by atoms with Crippen molar-refractivity contribution < 1.29 is 9.53 Å². The minimum absolute atomic E-state index is 0.0825. The third-order valence-corrected chi connectivity index (χ3v) is 3.27. The van der Waals surface area contributed by atoms with E-state index in [9.17, 15) is 4.79 Å². The van der Waals surface area contributed by atoms with Gasteiger partial charge in [-0.2, -0.15) is 0 Å². The first kappa shape index (κ1) is 14.3. The highest BCUT2D eigenvalue weighted by Gasteiger charge is 2.05. The standard InChI is InChI=1S/C16H20N2O2/c1-11(7-16(17)19)18-10-12-3-4-14-9-15(20-2)6-5-13(14)8-12/h3-6,8-9,11,18H,7,10H2,1-2H3,(H2,17,19). The Labute approximate surface area is 118 Å². The molecule has 0 aliphatic rings. The molecule has 2 aromatic carbocycles. The van der Waals surface area contributed by atoms with Crippen LogP contribution in [0.25, 0.3) is 10.8 Å². The Balaban J connectivity index is 2.06. The highest BCUT2D eigenvalue weighted by molar-refractivity contribution is 5.84. The van der Waals surface area contributed by atoms with Crippen molar-refractivity contribution in [1.29, 1.82) is 0 Å². The summed E-state index contributed by atoms with van der Waals surface area (Å²) in [6.07, 6.45) is 0.352. The largest absolute Gasteiger partial charge is 0.497 e. The fraction of sp³-hybridized carbons (Fsp3) is 0.312. The number of hydrogen-bond donors (Lipinski definition) is 2. The van der Waals surface area contributed by atoms with Gasteiger partial charge in [-0.05, 0) is 41.5 Å². The number of nitrogens with two attached hydrogens (primary N) is 1. The molecule has 0 bridgehead atoms. The molecule has 0 aliphatic heterocycles. The van der Waals surface area contributed by atoms with Crippen LogP contribution >= 0.6 is 0 Å². The first-order chi connectivity index (χ1) is 9.58. The van der Waals surface area contributed by atoms with E-state index in [-0.39, 0.29) is 11.9 Å². The molecule has 4 nitrogen and oxygen atoms in total. The molecule has 0 saturated carbocycles. The Morgan fingerprint density at radius 1 is 1.25 bits per heavy atom. The van der Waals surface area contributed by atoms with E-state index in [4.69, 9.17) is 10.5 Å². The van der Waals surface area contributed by atoms with Crippen molar-refractivity contribution in [3.05, 3.63) is 42.0 Å². The number of ether oxygens (including phenoxy) is 1. The molecule has 1 atom stereocenters. The zero-order valence-electron chi connectivity index (χ0n) is 11.8. The second-order valence-corrected chi connectivity index (χ2v) is 5.00. The van der Waals surface area contributed by atoms with Crippen LogP contribution in [-0.4, -0.2) is 19.1 Å². The van der Waals surface area contributed by atoms with Gasteiger partial charge in [0, 0.05) is 19.0 Å². The molecule has 0 fully saturated rings. The molecule has 0 saturated heterocycles. The molecule has 0 heterocycles. The topological polar surface area (TPSA) is 64.3 Å². The minimum atomic E-state index is -0.282. The maximum absolute atomic E-state index is 10.8. The minimum Gasteiger partial charge on any atom is -0.497 e. The lowest BCUT2D eigenvalue weighted by Gasteiger charge is -2.12. The van der Waals surface area contributed by atoms with E-state index < -0.39 is 0 Å². The van der Waals surface area contributed by atoms with E-state index in [1.807, 2.05) is 25.1 Å². The summed E-state index contributed by atoms with van der Waals surface area (Å²) >= 11 is 0. The summed E-state index contributed by atoms with van der Waals surface area (Å²) in [5.74, 6) is 0.578. The van der Waals surface area contributed by atoms with Gasteiger partial charge in [-0.3, -0.25) is 4.79 Å². The van der Waals surface area contributed by atoms with Crippen LogP contribution in [-0.2, 0) is 11.3 Å². The van der Waals surface area contributed by atoms with Crippen molar-refractivity contribution in [1.82, 2.24) is 5.32 Å². The molecule has 0 aromatic heterocycles. The zero-order valence-corrected chi connectivity index (χ0v) is 11.8. The molecule has 0 spiro atoms. The van der Waals surface area contributed by atoms with Crippen LogP contribution in [0.2, 0.25) is 0 Å². The molecular weight excluding hydrogens is 252 g/mol. The predicted molar refractivity (Wildman–Crippen MR) is 80.6 cm³/mol. The van der Waals surface area contributed by atoms with Crippen LogP contribution < -0.4 is 15.8 Å². The summed E-state index contributed by atoms with van der Waals surface area (Å²) in [6.45, 7) is 2.67. The van der Waals surface area contributed by atoms with Gasteiger partial charge in [-0.25, -0.2) is 0 Å². The molecule has 3 N–H and O–H groups in total. The van der Waals surface area contributed by atoms with E-state index in [0.29, 0.717) is 6.42 Å². The Morgan fingerprint density at radius 2 is 1.95 bits per heavy atom. The molecule has 1 amide bonds. The fourth-order valence-corrected chi connectivity index (χ4v) is 2.18. The number of primary amides is 1. The molecule has 2 aromatic rings. The lowest BCUT2D eigenvalue weighted by Crippen LogP contribution is -2.30. The fourth-order valence-electron chi connectivity index (χ4n) is 2.18. The average Bonchev–Trinajstić information content (AvgIpc) is 2.43. The number of hydrogen-bond acceptors (Lipinski definition) is 3. The molecule has 20 heavy (non-hydrogen) atoms. The quantitative estimate of drug-likeness (QED) is 0.847. The number of amides is 1. The summed E-state index contributed by atoms with van der Waals surface area (Å²) in [7, 11) is 1.67. The Bertz CT molecular complexity index is 610. The monoisotopic (exact) mass is 272 g/mol. The molecule has 1 unspecified atom stereocenters. The highest BCUT2D eigenvalue weighted by atomic mass is 16.5. The van der Waals surface area contributed by atoms with E-state index in [2.05, 4.69) is 23.5 Å². The molecule has 4 heteroatoms. The molecule has 0 radical (unpaired) electrons. The van der Waals surface area contributed by atoms with Gasteiger partial charge in [-0.1, -0.05) is 18.2 Å². The summed E-state index contributed by atoms with van der Waals surface area (Å²) in [6, 6.07) is 12.4. The summed E-state index contributed by atoms with van der Waals surface area (Å²) < 4.78 is 5.21. The zero-order chi connectivity index (χ0) is 14.5. The van der Waals surface area contributed by atoms with Gasteiger partial charge in [0.15, 0.2) is 0 Å². The summed E-state index contributed by atoms with van der Waals surface area (Å²) in [4.78, 5) is 10.8. The van der Waals surface area contributed by atoms with Crippen LogP contribution in [0.4, 0.5) is 0 Å². The van der Waals surface area contributed by atoms with Crippen molar-refractivity contribution in [2.75, 3.05) is 7.11 Å². The van der Waals surface area contributed by atoms with Crippen LogP contribution in [0.5, 0.6) is 5.75 Å². The average molecular weight is 272 g/mol. The van der Waals surface area contributed by atoms with Crippen molar-refractivity contribution >= 4 is 16.7 Å². The molecule has 2 rings (SSSR count). The van der Waals surface area contributed by atoms with Crippen molar-refractivity contribution in [2.24, 2.45) is 5.73 Å². The molecule has 0 aliphatic carbocycles. The van der Waals surface area contributed by atoms with Crippen LogP contribution in [0.3, 0.4) is 0 Å². The van der Waals surface area contributed by atoms with E-state index in [1.165, 1.54) is 10.9 Å². The van der Waals surface area contributed by atoms with Gasteiger partial charge in [0.1, 0.15) is 5.75 Å². The van der Waals surface area contributed by atoms with Gasteiger partial charge in [0.2, 0.25) is 5.91 Å². The SMILES string of the molecule is COc1ccc2cc(CNC(C)CC(N)=O)ccc2c1. The highest BCUT2D eigenvalue weighted by Crippen LogP contribution is 2.21. The number of nitrogens with one attached hydrogen (secondary N) is 1. The smallest absolute Gasteiger partial charge is 0.218 e. The lowest BCUT2D eigenvalue weighted by molar-refractivity contribution is -0.118. The third-order valence-electron chi connectivity index (χ3n) is 3.27. The van der Waals surface area contributed by atoms with E-state index in [1.54, 1.807) is 7.11 Å². The van der Waals surface area contributed by atoms with Gasteiger partial charge in [0.05, 0.1) is 7.11 Å². The van der Waals surface area contributed by atoms with E-state index in [0.717, 1.165) is 17.7 Å². The maximum atomic E-state index is 10.8. The number of carbonyl (C=O) groups is 1. The van der Waals surface area contributed by atoms with Crippen molar-refractivity contribution in [3.8, 4) is 5.75 Å². The molecular formula is C16H20N2O2. The van der Waals surface area contributed by atoms with Crippen LogP contribution in [0.1, 0.15) is 18.9 Å². The van der Waals surface area contributed by atoms with E-state index >= 15 is 0 Å². The number of carbonyl (C=O) groups excluding carboxylic acids is 1. The second kappa shape index (κ2) is 6.39. The van der Waals surface area contributed by atoms with Crippen molar-refractivity contribution in [2.45, 2.75) is 25.9 Å². The first-order valence-electron chi connectivity index (χ1n) is 6.67. The normalized spacial score (nSPS) is 12.3. The number of rotatable bonds is 6. The number of benzene rings is 2. The Kier molecular flexibility index (Phi) is 4.58. The van der Waals surface area contributed by atoms with Crippen LogP contribution in [0.15, 0.2) is 36.4 Å².